The Bertz CT molecular complexity index is 1060. The Balaban J connectivity index is 1.32. The summed E-state index contributed by atoms with van der Waals surface area (Å²) in [6, 6.07) is 9.82. The molecule has 1 aromatic heterocycles. The summed E-state index contributed by atoms with van der Waals surface area (Å²) in [5, 5.41) is 3.41. The number of nitrogens with one attached hydrogen (secondary N) is 1. The molecule has 0 radical (unpaired) electrons. The van der Waals surface area contributed by atoms with Gasteiger partial charge in [-0.05, 0) is 24.6 Å². The van der Waals surface area contributed by atoms with E-state index in [0.717, 1.165) is 35.5 Å². The second-order valence-electron chi connectivity index (χ2n) is 8.67. The van der Waals surface area contributed by atoms with Crippen molar-refractivity contribution in [3.63, 3.8) is 0 Å². The Morgan fingerprint density at radius 3 is 2.71 bits per heavy atom. The SMILES string of the molecule is COc1cc2c(cc1-c1ccccn1)C=NC(N)(N1CCCN(C(=O)N3CCOCC3)CC1)N2. The monoisotopic (exact) mass is 465 g/mol. The summed E-state index contributed by atoms with van der Waals surface area (Å²) in [5.74, 6) is -0.386. The van der Waals surface area contributed by atoms with Crippen LogP contribution in [0.15, 0.2) is 41.5 Å². The maximum absolute atomic E-state index is 12.9. The van der Waals surface area contributed by atoms with Gasteiger partial charge in [0, 0.05) is 68.9 Å². The molecule has 180 valence electrons. The summed E-state index contributed by atoms with van der Waals surface area (Å²) in [7, 11) is 1.65. The molecule has 2 saturated heterocycles. The van der Waals surface area contributed by atoms with Crippen LogP contribution in [0.1, 0.15) is 12.0 Å². The van der Waals surface area contributed by atoms with E-state index < -0.39 is 5.91 Å². The number of methoxy groups -OCH3 is 1. The second-order valence-corrected chi connectivity index (χ2v) is 8.67. The molecule has 3 N–H and O–H groups in total. The minimum Gasteiger partial charge on any atom is -0.496 e. The maximum atomic E-state index is 12.9. The first kappa shape index (κ1) is 22.6. The molecule has 1 unspecified atom stereocenters. The third-order valence-electron chi connectivity index (χ3n) is 6.56. The van der Waals surface area contributed by atoms with Crippen LogP contribution < -0.4 is 15.8 Å². The van der Waals surface area contributed by atoms with Crippen LogP contribution in [0.3, 0.4) is 0 Å². The minimum absolute atomic E-state index is 0.0773. The van der Waals surface area contributed by atoms with Gasteiger partial charge < -0.3 is 24.6 Å². The minimum atomic E-state index is -1.09. The van der Waals surface area contributed by atoms with Crippen LogP contribution in [-0.2, 0) is 4.74 Å². The molecule has 2 aromatic rings. The highest BCUT2D eigenvalue weighted by molar-refractivity contribution is 5.93. The number of urea groups is 1. The van der Waals surface area contributed by atoms with E-state index >= 15 is 0 Å². The van der Waals surface area contributed by atoms with E-state index in [1.54, 1.807) is 19.5 Å². The number of amides is 2. The van der Waals surface area contributed by atoms with Crippen molar-refractivity contribution in [2.24, 2.45) is 10.7 Å². The van der Waals surface area contributed by atoms with Gasteiger partial charge in [-0.1, -0.05) is 6.07 Å². The van der Waals surface area contributed by atoms with Gasteiger partial charge in [0.2, 0.25) is 5.91 Å². The number of rotatable bonds is 3. The molecule has 3 aliphatic heterocycles. The first-order valence-electron chi connectivity index (χ1n) is 11.7. The molecular weight excluding hydrogens is 434 g/mol. The number of morpholine rings is 1. The van der Waals surface area contributed by atoms with Crippen molar-refractivity contribution in [3.05, 3.63) is 42.1 Å². The van der Waals surface area contributed by atoms with Gasteiger partial charge in [0.1, 0.15) is 5.75 Å². The highest BCUT2D eigenvalue weighted by Crippen LogP contribution is 2.36. The first-order chi connectivity index (χ1) is 16.6. The fourth-order valence-corrected chi connectivity index (χ4v) is 4.67. The number of aromatic nitrogens is 1. The number of carbonyl (C=O) groups is 1. The van der Waals surface area contributed by atoms with Crippen LogP contribution >= 0.6 is 0 Å². The standard InChI is InChI=1S/C24H31N7O3/c1-33-22-16-21-18(15-19(22)20-5-2-3-6-26-20)17-27-24(25,28-21)31-8-4-7-29(9-10-31)23(32)30-11-13-34-14-12-30/h2-3,5-6,15-17,28H,4,7-14,25H2,1H3. The summed E-state index contributed by atoms with van der Waals surface area (Å²) < 4.78 is 11.0. The number of anilines is 1. The Morgan fingerprint density at radius 1 is 1.12 bits per heavy atom. The number of aliphatic imine (C=N–C) groups is 1. The largest absolute Gasteiger partial charge is 0.496 e. The topological polar surface area (TPSA) is 109 Å². The smallest absolute Gasteiger partial charge is 0.320 e. The third kappa shape index (κ3) is 4.44. The fourth-order valence-electron chi connectivity index (χ4n) is 4.67. The highest BCUT2D eigenvalue weighted by atomic mass is 16.5. The van der Waals surface area contributed by atoms with Crippen LogP contribution in [0.4, 0.5) is 10.5 Å². The zero-order valence-electron chi connectivity index (χ0n) is 19.4. The lowest BCUT2D eigenvalue weighted by Crippen LogP contribution is -2.62. The predicted molar refractivity (Wildman–Crippen MR) is 130 cm³/mol. The van der Waals surface area contributed by atoms with Gasteiger partial charge in [0.25, 0.3) is 0 Å². The zero-order valence-corrected chi connectivity index (χ0v) is 19.4. The summed E-state index contributed by atoms with van der Waals surface area (Å²) in [6.45, 7) is 5.13. The lowest BCUT2D eigenvalue weighted by molar-refractivity contribution is 0.0432. The number of carbonyl (C=O) groups excluding carboxylic acids is 1. The molecule has 2 fully saturated rings. The lowest BCUT2D eigenvalue weighted by atomic mass is 10.0. The van der Waals surface area contributed by atoms with Gasteiger partial charge in [-0.15, -0.1) is 0 Å². The van der Waals surface area contributed by atoms with Crippen LogP contribution in [0.25, 0.3) is 11.3 Å². The van der Waals surface area contributed by atoms with Gasteiger partial charge in [-0.2, -0.15) is 0 Å². The van der Waals surface area contributed by atoms with E-state index in [-0.39, 0.29) is 6.03 Å². The molecule has 1 aromatic carbocycles. The summed E-state index contributed by atoms with van der Waals surface area (Å²) in [5.41, 5.74) is 10.2. The molecule has 10 heteroatoms. The van der Waals surface area contributed by atoms with Crippen molar-refractivity contribution in [2.45, 2.75) is 12.3 Å². The Kier molecular flexibility index (Phi) is 6.36. The van der Waals surface area contributed by atoms with Crippen LogP contribution in [-0.4, -0.2) is 97.4 Å². The van der Waals surface area contributed by atoms with Crippen LogP contribution in [0.2, 0.25) is 0 Å². The maximum Gasteiger partial charge on any atom is 0.320 e. The number of ether oxygens (including phenoxy) is 2. The molecule has 0 bridgehead atoms. The van der Waals surface area contributed by atoms with Crippen molar-refractivity contribution < 1.29 is 14.3 Å². The van der Waals surface area contributed by atoms with Gasteiger partial charge in [0.15, 0.2) is 0 Å². The van der Waals surface area contributed by atoms with Crippen molar-refractivity contribution in [2.75, 3.05) is 64.9 Å². The van der Waals surface area contributed by atoms with E-state index in [9.17, 15) is 4.79 Å². The third-order valence-corrected chi connectivity index (χ3v) is 6.56. The van der Waals surface area contributed by atoms with E-state index in [1.807, 2.05) is 40.1 Å². The van der Waals surface area contributed by atoms with Crippen molar-refractivity contribution >= 4 is 17.9 Å². The normalized spacial score (nSPS) is 23.1. The number of pyridine rings is 1. The van der Waals surface area contributed by atoms with E-state index in [0.29, 0.717) is 51.7 Å². The molecule has 3 aliphatic rings. The zero-order chi connectivity index (χ0) is 23.5. The predicted octanol–water partition coefficient (Wildman–Crippen LogP) is 1.63. The molecule has 10 nitrogen and oxygen atoms in total. The number of nitrogens with two attached hydrogens (primary N) is 1. The van der Waals surface area contributed by atoms with E-state index in [4.69, 9.17) is 20.2 Å². The number of hydrogen-bond donors (Lipinski definition) is 2. The van der Waals surface area contributed by atoms with Gasteiger partial charge in [-0.25, -0.2) is 14.7 Å². The summed E-state index contributed by atoms with van der Waals surface area (Å²) in [4.78, 5) is 28.0. The lowest BCUT2D eigenvalue weighted by Gasteiger charge is -2.40. The molecule has 0 spiro atoms. The van der Waals surface area contributed by atoms with Crippen LogP contribution in [0, 0.1) is 0 Å². The molecule has 5 rings (SSSR count). The number of hydrogen-bond acceptors (Lipinski definition) is 8. The Labute approximate surface area is 199 Å². The average molecular weight is 466 g/mol. The summed E-state index contributed by atoms with van der Waals surface area (Å²) >= 11 is 0. The van der Waals surface area contributed by atoms with Crippen molar-refractivity contribution in [1.29, 1.82) is 0 Å². The van der Waals surface area contributed by atoms with Gasteiger partial charge in [-0.3, -0.25) is 10.7 Å². The van der Waals surface area contributed by atoms with E-state index in [1.165, 1.54) is 0 Å². The molecule has 34 heavy (non-hydrogen) atoms. The Morgan fingerprint density at radius 2 is 1.94 bits per heavy atom. The van der Waals surface area contributed by atoms with Crippen molar-refractivity contribution in [1.82, 2.24) is 19.7 Å². The fraction of sp³-hybridized carbons (Fsp3) is 0.458. The Hall–Kier alpha value is -3.21. The number of nitrogens with zero attached hydrogens (tertiary/aromatic N) is 5. The van der Waals surface area contributed by atoms with Gasteiger partial charge >= 0.3 is 6.03 Å². The van der Waals surface area contributed by atoms with Crippen molar-refractivity contribution in [3.8, 4) is 17.0 Å². The average Bonchev–Trinajstić information content (AvgIpc) is 3.15. The summed E-state index contributed by atoms with van der Waals surface area (Å²) in [6.07, 6.45) is 4.39. The number of benzene rings is 1. The molecule has 4 heterocycles. The van der Waals surface area contributed by atoms with Gasteiger partial charge in [0.05, 0.1) is 31.7 Å². The quantitative estimate of drug-likeness (QED) is 0.709. The highest BCUT2D eigenvalue weighted by Gasteiger charge is 2.37. The molecule has 0 saturated carbocycles. The molecule has 1 atom stereocenters. The first-order valence-corrected chi connectivity index (χ1v) is 11.7. The van der Waals surface area contributed by atoms with E-state index in [2.05, 4.69) is 15.2 Å². The molecular formula is C24H31N7O3. The van der Waals surface area contributed by atoms with Crippen LogP contribution in [0.5, 0.6) is 5.75 Å². The molecule has 2 amide bonds. The molecule has 0 aliphatic carbocycles. The second kappa shape index (κ2) is 9.57. The number of fused-ring (bicyclic) bond motifs is 1.